The monoisotopic (exact) mass is 162 g/mol. The van der Waals surface area contributed by atoms with E-state index in [1.54, 1.807) is 0 Å². The van der Waals surface area contributed by atoms with Gasteiger partial charge in [-0.15, -0.1) is 0 Å². The Hall–Kier alpha value is -0.260. The molecule has 66 valence electrons. The van der Waals surface area contributed by atoms with Crippen molar-refractivity contribution in [2.24, 2.45) is 11.8 Å². The third-order valence-electron chi connectivity index (χ3n) is 4.06. The van der Waals surface area contributed by atoms with Gasteiger partial charge in [-0.05, 0) is 43.9 Å². The Morgan fingerprint density at radius 1 is 0.917 bits per heavy atom. The van der Waals surface area contributed by atoms with Gasteiger partial charge in [0.1, 0.15) is 0 Å². The number of hydrogen-bond acceptors (Lipinski definition) is 0. The molecule has 0 radical (unpaired) electrons. The summed E-state index contributed by atoms with van der Waals surface area (Å²) in [6, 6.07) is 0. The van der Waals surface area contributed by atoms with Crippen molar-refractivity contribution in [3.8, 4) is 0 Å². The number of rotatable bonds is 0. The highest BCUT2D eigenvalue weighted by Gasteiger charge is 2.35. The molecular weight excluding hydrogens is 144 g/mol. The molecule has 0 saturated heterocycles. The predicted molar refractivity (Wildman–Crippen MR) is 50.9 cm³/mol. The fourth-order valence-electron chi connectivity index (χ4n) is 3.21. The molecule has 0 N–H and O–H groups in total. The first-order valence-electron chi connectivity index (χ1n) is 5.64. The molecule has 3 aliphatic carbocycles. The molecule has 0 aromatic heterocycles. The smallest absolute Gasteiger partial charge is 0.0163 e. The average molecular weight is 162 g/mol. The maximum Gasteiger partial charge on any atom is -0.0163 e. The molecule has 0 heterocycles. The van der Waals surface area contributed by atoms with Crippen molar-refractivity contribution in [3.05, 3.63) is 11.1 Å². The second-order valence-corrected chi connectivity index (χ2v) is 4.92. The highest BCUT2D eigenvalue weighted by Crippen LogP contribution is 2.50. The van der Waals surface area contributed by atoms with E-state index in [9.17, 15) is 0 Å². The van der Waals surface area contributed by atoms with E-state index in [2.05, 4.69) is 0 Å². The lowest BCUT2D eigenvalue weighted by Gasteiger charge is -2.06. The molecule has 0 aromatic rings. The average Bonchev–Trinajstić information content (AvgIpc) is 2.70. The Balaban J connectivity index is 1.85. The van der Waals surface area contributed by atoms with E-state index in [0.717, 1.165) is 11.8 Å². The molecule has 2 bridgehead atoms. The van der Waals surface area contributed by atoms with Crippen LogP contribution in [-0.2, 0) is 0 Å². The van der Waals surface area contributed by atoms with Gasteiger partial charge in [-0.2, -0.15) is 0 Å². The zero-order valence-electron chi connectivity index (χ0n) is 7.81. The van der Waals surface area contributed by atoms with Crippen LogP contribution in [0.15, 0.2) is 11.1 Å². The zero-order valence-corrected chi connectivity index (χ0v) is 7.81. The number of fused-ring (bicyclic) bond motifs is 3. The second kappa shape index (κ2) is 2.61. The van der Waals surface area contributed by atoms with Gasteiger partial charge in [-0.25, -0.2) is 0 Å². The van der Waals surface area contributed by atoms with Gasteiger partial charge in [-0.3, -0.25) is 0 Å². The Labute approximate surface area is 75.0 Å². The first-order valence-corrected chi connectivity index (χ1v) is 5.64. The standard InChI is InChI=1S/C12H18/c1-2-4-10-8-12(10)11-6-5-9(3-1)7-11/h9-10H,1-8H2/b12-11-/t9-,10?/m0/s1. The topological polar surface area (TPSA) is 0 Å². The summed E-state index contributed by atoms with van der Waals surface area (Å²) in [7, 11) is 0. The Bertz CT molecular complexity index is 224. The maximum atomic E-state index is 1.90. The molecule has 0 aliphatic heterocycles. The fourth-order valence-corrected chi connectivity index (χ4v) is 3.21. The summed E-state index contributed by atoms with van der Waals surface area (Å²) >= 11 is 0. The van der Waals surface area contributed by atoms with Gasteiger partial charge in [0.25, 0.3) is 0 Å². The van der Waals surface area contributed by atoms with Crippen molar-refractivity contribution in [2.45, 2.75) is 51.4 Å². The SMILES string of the molecule is C1CC[C@H]2CC/C(=C3\CC3C1)C2. The third kappa shape index (κ3) is 1.12. The molecule has 2 fully saturated rings. The van der Waals surface area contributed by atoms with E-state index < -0.39 is 0 Å². The van der Waals surface area contributed by atoms with Gasteiger partial charge in [0.2, 0.25) is 0 Å². The van der Waals surface area contributed by atoms with E-state index in [4.69, 9.17) is 0 Å². The molecule has 2 atom stereocenters. The maximum absolute atomic E-state index is 1.90. The molecule has 2 saturated carbocycles. The lowest BCUT2D eigenvalue weighted by molar-refractivity contribution is 0.470. The van der Waals surface area contributed by atoms with Crippen LogP contribution in [0.2, 0.25) is 0 Å². The minimum Gasteiger partial charge on any atom is -0.0704 e. The summed E-state index contributed by atoms with van der Waals surface area (Å²) in [5, 5.41) is 0. The van der Waals surface area contributed by atoms with Gasteiger partial charge in [0, 0.05) is 0 Å². The van der Waals surface area contributed by atoms with Crippen molar-refractivity contribution < 1.29 is 0 Å². The summed E-state index contributed by atoms with van der Waals surface area (Å²) in [6.45, 7) is 0. The van der Waals surface area contributed by atoms with Crippen LogP contribution in [-0.4, -0.2) is 0 Å². The summed E-state index contributed by atoms with van der Waals surface area (Å²) in [5.41, 5.74) is 3.80. The van der Waals surface area contributed by atoms with Crippen LogP contribution in [0, 0.1) is 11.8 Å². The van der Waals surface area contributed by atoms with Crippen LogP contribution in [0.4, 0.5) is 0 Å². The van der Waals surface area contributed by atoms with Crippen LogP contribution in [0.25, 0.3) is 0 Å². The van der Waals surface area contributed by atoms with E-state index in [0.29, 0.717) is 0 Å². The quantitative estimate of drug-likeness (QED) is 0.477. The highest BCUT2D eigenvalue weighted by molar-refractivity contribution is 5.32. The fraction of sp³-hybridized carbons (Fsp3) is 0.833. The van der Waals surface area contributed by atoms with Crippen molar-refractivity contribution >= 4 is 0 Å². The van der Waals surface area contributed by atoms with Gasteiger partial charge >= 0.3 is 0 Å². The number of allylic oxidation sites excluding steroid dienone is 2. The van der Waals surface area contributed by atoms with Crippen molar-refractivity contribution in [1.29, 1.82) is 0 Å². The minimum absolute atomic E-state index is 1.07. The lowest BCUT2D eigenvalue weighted by atomic mass is 10.00. The summed E-state index contributed by atoms with van der Waals surface area (Å²) in [6.07, 6.45) is 12.0. The molecule has 0 amide bonds. The first kappa shape index (κ1) is 7.17. The number of hydrogen-bond donors (Lipinski definition) is 0. The second-order valence-electron chi connectivity index (χ2n) is 4.92. The van der Waals surface area contributed by atoms with E-state index in [-0.39, 0.29) is 0 Å². The van der Waals surface area contributed by atoms with Crippen LogP contribution in [0.1, 0.15) is 51.4 Å². The summed E-state index contributed by atoms with van der Waals surface area (Å²) in [5.74, 6) is 2.16. The lowest BCUT2D eigenvalue weighted by Crippen LogP contribution is -1.92. The third-order valence-corrected chi connectivity index (χ3v) is 4.06. The van der Waals surface area contributed by atoms with Crippen LogP contribution in [0.3, 0.4) is 0 Å². The van der Waals surface area contributed by atoms with Crippen molar-refractivity contribution in [3.63, 3.8) is 0 Å². The van der Waals surface area contributed by atoms with Crippen molar-refractivity contribution in [1.82, 2.24) is 0 Å². The van der Waals surface area contributed by atoms with E-state index in [1.807, 2.05) is 11.1 Å². The molecular formula is C12H18. The molecule has 12 heavy (non-hydrogen) atoms. The molecule has 0 spiro atoms. The minimum atomic E-state index is 1.07. The van der Waals surface area contributed by atoms with Crippen LogP contribution in [0.5, 0.6) is 0 Å². The van der Waals surface area contributed by atoms with Crippen LogP contribution < -0.4 is 0 Å². The predicted octanol–water partition coefficient (Wildman–Crippen LogP) is 3.68. The largest absolute Gasteiger partial charge is 0.0704 e. The molecule has 1 unspecified atom stereocenters. The van der Waals surface area contributed by atoms with Gasteiger partial charge < -0.3 is 0 Å². The van der Waals surface area contributed by atoms with Gasteiger partial charge in [-0.1, -0.05) is 30.4 Å². The molecule has 3 aliphatic rings. The van der Waals surface area contributed by atoms with E-state index >= 15 is 0 Å². The molecule has 0 heteroatoms. The highest BCUT2D eigenvalue weighted by atomic mass is 14.4. The summed E-state index contributed by atoms with van der Waals surface area (Å²) < 4.78 is 0. The van der Waals surface area contributed by atoms with Crippen LogP contribution >= 0.6 is 0 Å². The Morgan fingerprint density at radius 2 is 1.83 bits per heavy atom. The van der Waals surface area contributed by atoms with Gasteiger partial charge in [0.05, 0.1) is 0 Å². The zero-order chi connectivity index (χ0) is 7.97. The Morgan fingerprint density at radius 3 is 2.83 bits per heavy atom. The Kier molecular flexibility index (Phi) is 1.56. The normalized spacial score (nSPS) is 46.0. The van der Waals surface area contributed by atoms with E-state index in [1.165, 1.54) is 51.4 Å². The molecule has 0 aromatic carbocycles. The van der Waals surface area contributed by atoms with Crippen molar-refractivity contribution in [2.75, 3.05) is 0 Å². The molecule has 3 rings (SSSR count). The summed E-state index contributed by atoms with van der Waals surface area (Å²) in [4.78, 5) is 0. The van der Waals surface area contributed by atoms with Gasteiger partial charge in [0.15, 0.2) is 0 Å². The first-order chi connectivity index (χ1) is 5.93. The molecule has 0 nitrogen and oxygen atoms in total.